The lowest BCUT2D eigenvalue weighted by Gasteiger charge is -2.04. The summed E-state index contributed by atoms with van der Waals surface area (Å²) in [5.74, 6) is 0. The molecule has 0 aliphatic carbocycles. The van der Waals surface area contributed by atoms with Gasteiger partial charge in [0.05, 0.1) is 0 Å². The molecule has 4 heterocycles. The highest BCUT2D eigenvalue weighted by atomic mass is 14.9. The molecule has 0 radical (unpaired) electrons. The van der Waals surface area contributed by atoms with E-state index in [9.17, 15) is 0 Å². The average molecular weight is 523 g/mol. The van der Waals surface area contributed by atoms with Gasteiger partial charge in [0.1, 0.15) is 0 Å². The normalized spacial score (nSPS) is 10.9. The van der Waals surface area contributed by atoms with Gasteiger partial charge >= 0.3 is 0 Å². The van der Waals surface area contributed by atoms with Crippen molar-refractivity contribution in [2.45, 2.75) is 26.2 Å². The summed E-state index contributed by atoms with van der Waals surface area (Å²) in [6.07, 6.45) is 17.1. The van der Waals surface area contributed by atoms with E-state index in [2.05, 4.69) is 165 Å². The Labute approximate surface area is 236 Å². The zero-order chi connectivity index (χ0) is 27.0. The number of pyridine rings is 4. The van der Waals surface area contributed by atoms with Gasteiger partial charge in [-0.1, -0.05) is 60.7 Å². The molecule has 194 valence electrons. The van der Waals surface area contributed by atoms with Gasteiger partial charge in [-0.2, -0.15) is 0 Å². The molecule has 4 heteroatoms. The van der Waals surface area contributed by atoms with E-state index < -0.39 is 0 Å². The molecule has 0 unspecified atom stereocenters. The predicted octanol–water partition coefficient (Wildman–Crippen LogP) is 4.70. The topological polar surface area (TPSA) is 15.5 Å². The minimum Gasteiger partial charge on any atom is -0.201 e. The summed E-state index contributed by atoms with van der Waals surface area (Å²) < 4.78 is 8.84. The highest BCUT2D eigenvalue weighted by Crippen LogP contribution is 2.16. The molecule has 40 heavy (non-hydrogen) atoms. The maximum Gasteiger partial charge on any atom is 0.173 e. The van der Waals surface area contributed by atoms with Crippen LogP contribution in [0, 0.1) is 0 Å². The van der Waals surface area contributed by atoms with Crippen LogP contribution in [0.5, 0.6) is 0 Å². The summed E-state index contributed by atoms with van der Waals surface area (Å²) in [4.78, 5) is 0. The van der Waals surface area contributed by atoms with E-state index in [-0.39, 0.29) is 0 Å². The molecule has 0 fully saturated rings. The van der Waals surface area contributed by atoms with Gasteiger partial charge in [-0.05, 0) is 11.1 Å². The van der Waals surface area contributed by atoms with Gasteiger partial charge in [-0.25, -0.2) is 18.3 Å². The van der Waals surface area contributed by atoms with Crippen LogP contribution >= 0.6 is 0 Å². The molecular formula is C36H34N4+4. The van der Waals surface area contributed by atoms with Crippen molar-refractivity contribution in [2.75, 3.05) is 0 Å². The number of hydrogen-bond donors (Lipinski definition) is 0. The van der Waals surface area contributed by atoms with Gasteiger partial charge < -0.3 is 0 Å². The SMILES string of the molecule is c1cc[n+](Cc2ccc(C[n+]3ccc(-c4cc[n+](Cc5ccc(C[n+]6ccccc6)cc5)cc4)cc3)cc2)cc1. The Morgan fingerprint density at radius 2 is 0.525 bits per heavy atom. The van der Waals surface area contributed by atoms with Gasteiger partial charge in [0.2, 0.25) is 0 Å². The van der Waals surface area contributed by atoms with Crippen LogP contribution in [-0.4, -0.2) is 0 Å². The van der Waals surface area contributed by atoms with E-state index in [0.717, 1.165) is 26.2 Å². The maximum absolute atomic E-state index is 2.23. The monoisotopic (exact) mass is 522 g/mol. The summed E-state index contributed by atoms with van der Waals surface area (Å²) in [7, 11) is 0. The van der Waals surface area contributed by atoms with Crippen LogP contribution < -0.4 is 18.3 Å². The van der Waals surface area contributed by atoms with E-state index in [0.29, 0.717) is 0 Å². The third-order valence-electron chi connectivity index (χ3n) is 7.18. The second-order valence-electron chi connectivity index (χ2n) is 10.2. The fourth-order valence-corrected chi connectivity index (χ4v) is 4.93. The van der Waals surface area contributed by atoms with Gasteiger partial charge in [0, 0.05) is 70.8 Å². The standard InChI is InChI=1S/C36H34N4/c1-3-19-37(20-4-1)27-31-7-11-33(12-8-31)29-39-23-15-35(16-24-39)36-17-25-40(26-18-36)30-34-13-9-32(10-14-34)28-38-21-5-2-6-22-38/h1-26H,27-30H2/q+4. The molecule has 0 saturated carbocycles. The number of aromatic nitrogens is 4. The van der Waals surface area contributed by atoms with Crippen LogP contribution in [0.4, 0.5) is 0 Å². The summed E-state index contributed by atoms with van der Waals surface area (Å²) in [6, 6.07) is 38.9. The Hall–Kier alpha value is -4.96. The molecule has 0 bridgehead atoms. The average Bonchev–Trinajstić information content (AvgIpc) is 3.01. The fraction of sp³-hybridized carbons (Fsp3) is 0.111. The molecule has 4 aromatic heterocycles. The van der Waals surface area contributed by atoms with Crippen LogP contribution in [0.2, 0.25) is 0 Å². The lowest BCUT2D eigenvalue weighted by Crippen LogP contribution is -2.34. The van der Waals surface area contributed by atoms with Crippen molar-refractivity contribution >= 4 is 0 Å². The molecule has 4 nitrogen and oxygen atoms in total. The number of rotatable bonds is 9. The minimum atomic E-state index is 0.858. The van der Waals surface area contributed by atoms with E-state index in [1.165, 1.54) is 33.4 Å². The molecule has 6 rings (SSSR count). The zero-order valence-corrected chi connectivity index (χ0v) is 22.6. The lowest BCUT2D eigenvalue weighted by atomic mass is 10.1. The van der Waals surface area contributed by atoms with E-state index in [1.54, 1.807) is 0 Å². The fourth-order valence-electron chi connectivity index (χ4n) is 4.93. The molecule has 2 aromatic carbocycles. The smallest absolute Gasteiger partial charge is 0.173 e. The maximum atomic E-state index is 2.23. The molecular weight excluding hydrogens is 488 g/mol. The van der Waals surface area contributed by atoms with E-state index in [4.69, 9.17) is 0 Å². The van der Waals surface area contributed by atoms with E-state index >= 15 is 0 Å². The van der Waals surface area contributed by atoms with Crippen molar-refractivity contribution in [1.29, 1.82) is 0 Å². The Kier molecular flexibility index (Phi) is 7.77. The van der Waals surface area contributed by atoms with Crippen LogP contribution in [0.25, 0.3) is 11.1 Å². The first-order valence-electron chi connectivity index (χ1n) is 13.8. The molecule has 0 atom stereocenters. The first-order valence-corrected chi connectivity index (χ1v) is 13.8. The Morgan fingerprint density at radius 1 is 0.275 bits per heavy atom. The van der Waals surface area contributed by atoms with Gasteiger partial charge in [0.25, 0.3) is 0 Å². The summed E-state index contributed by atoms with van der Waals surface area (Å²) in [5, 5.41) is 0. The lowest BCUT2D eigenvalue weighted by molar-refractivity contribution is -0.689. The summed E-state index contributed by atoms with van der Waals surface area (Å²) in [6.45, 7) is 3.49. The molecule has 0 aliphatic heterocycles. The first-order chi connectivity index (χ1) is 19.8. The predicted molar refractivity (Wildman–Crippen MR) is 155 cm³/mol. The Balaban J connectivity index is 1.03. The van der Waals surface area contributed by atoms with Crippen molar-refractivity contribution in [2.24, 2.45) is 0 Å². The summed E-state index contributed by atoms with van der Waals surface area (Å²) in [5.41, 5.74) is 7.66. The summed E-state index contributed by atoms with van der Waals surface area (Å²) >= 11 is 0. The van der Waals surface area contributed by atoms with Crippen LogP contribution in [0.15, 0.2) is 159 Å². The molecule has 0 aliphatic rings. The molecule has 0 amide bonds. The Morgan fingerprint density at radius 3 is 0.800 bits per heavy atom. The highest BCUT2D eigenvalue weighted by Gasteiger charge is 2.09. The highest BCUT2D eigenvalue weighted by molar-refractivity contribution is 5.60. The van der Waals surface area contributed by atoms with Gasteiger partial charge in [-0.15, -0.1) is 0 Å². The zero-order valence-electron chi connectivity index (χ0n) is 22.6. The quantitative estimate of drug-likeness (QED) is 0.245. The van der Waals surface area contributed by atoms with Crippen molar-refractivity contribution in [3.63, 3.8) is 0 Å². The molecule has 0 saturated heterocycles. The van der Waals surface area contributed by atoms with Crippen molar-refractivity contribution in [3.8, 4) is 11.1 Å². The van der Waals surface area contributed by atoms with Crippen molar-refractivity contribution < 1.29 is 18.3 Å². The van der Waals surface area contributed by atoms with Crippen molar-refractivity contribution in [3.05, 3.63) is 181 Å². The molecule has 0 spiro atoms. The van der Waals surface area contributed by atoms with Gasteiger partial charge in [-0.3, -0.25) is 0 Å². The van der Waals surface area contributed by atoms with Crippen LogP contribution in [0.3, 0.4) is 0 Å². The molecule has 0 N–H and O–H groups in total. The largest absolute Gasteiger partial charge is 0.201 e. The third kappa shape index (κ3) is 6.72. The molecule has 6 aromatic rings. The number of benzene rings is 2. The minimum absolute atomic E-state index is 0.858. The van der Waals surface area contributed by atoms with Crippen LogP contribution in [0.1, 0.15) is 22.3 Å². The third-order valence-corrected chi connectivity index (χ3v) is 7.18. The number of nitrogens with zero attached hydrogens (tertiary/aromatic N) is 4. The van der Waals surface area contributed by atoms with Crippen LogP contribution in [-0.2, 0) is 26.2 Å². The first kappa shape index (κ1) is 25.3. The Bertz CT molecular complexity index is 1500. The van der Waals surface area contributed by atoms with Crippen molar-refractivity contribution in [1.82, 2.24) is 0 Å². The van der Waals surface area contributed by atoms with E-state index in [1.807, 2.05) is 12.1 Å². The second-order valence-corrected chi connectivity index (χ2v) is 10.2. The second kappa shape index (κ2) is 12.3. The van der Waals surface area contributed by atoms with Gasteiger partial charge in [0.15, 0.2) is 75.8 Å². The number of hydrogen-bond acceptors (Lipinski definition) is 0.